The van der Waals surface area contributed by atoms with Crippen LogP contribution in [-0.4, -0.2) is 17.1 Å². The van der Waals surface area contributed by atoms with E-state index in [0.717, 1.165) is 5.56 Å². The molecule has 5 nitrogen and oxygen atoms in total. The molecular weight excluding hydrogens is 256 g/mol. The fourth-order valence-electron chi connectivity index (χ4n) is 1.80. The average Bonchev–Trinajstić information content (AvgIpc) is 3.17. The molecule has 0 amide bonds. The second-order valence-corrected chi connectivity index (χ2v) is 6.42. The lowest BCUT2D eigenvalue weighted by Gasteiger charge is -2.20. The second kappa shape index (κ2) is 5.79. The van der Waals surface area contributed by atoms with Crippen LogP contribution in [0.15, 0.2) is 18.2 Å². The minimum Gasteiger partial charge on any atom is -0.487 e. The van der Waals surface area contributed by atoms with Gasteiger partial charge in [0.2, 0.25) is 0 Å². The summed E-state index contributed by atoms with van der Waals surface area (Å²) in [5.74, 6) is 0.957. The van der Waals surface area contributed by atoms with Gasteiger partial charge in [-0.05, 0) is 51.2 Å². The van der Waals surface area contributed by atoms with Crippen LogP contribution in [0.2, 0.25) is 0 Å². The Morgan fingerprint density at radius 2 is 2.10 bits per heavy atom. The van der Waals surface area contributed by atoms with Gasteiger partial charge in [0.05, 0.1) is 11.5 Å². The minimum absolute atomic E-state index is 0.0179. The molecule has 5 heteroatoms. The monoisotopic (exact) mass is 278 g/mol. The molecule has 1 aromatic carbocycles. The van der Waals surface area contributed by atoms with Crippen LogP contribution in [0.25, 0.3) is 0 Å². The van der Waals surface area contributed by atoms with E-state index in [1.54, 1.807) is 12.1 Å². The number of benzene rings is 1. The first-order valence-corrected chi connectivity index (χ1v) is 7.00. The number of hydrogen-bond acceptors (Lipinski definition) is 4. The molecule has 1 saturated carbocycles. The van der Waals surface area contributed by atoms with Gasteiger partial charge >= 0.3 is 5.69 Å². The SMILES string of the molecule is CC(C)(C)NCc1ccc(OCC2CC2)c([N+](=O)[O-])c1. The first kappa shape index (κ1) is 14.8. The van der Waals surface area contributed by atoms with Crippen molar-refractivity contribution in [2.75, 3.05) is 6.61 Å². The molecule has 2 rings (SSSR count). The summed E-state index contributed by atoms with van der Waals surface area (Å²) >= 11 is 0. The zero-order chi connectivity index (χ0) is 14.8. The Morgan fingerprint density at radius 1 is 1.40 bits per heavy atom. The van der Waals surface area contributed by atoms with E-state index in [1.807, 2.05) is 6.07 Å². The first-order chi connectivity index (χ1) is 9.35. The number of nitro groups is 1. The van der Waals surface area contributed by atoms with Gasteiger partial charge in [0.1, 0.15) is 0 Å². The van der Waals surface area contributed by atoms with Crippen LogP contribution in [0.5, 0.6) is 5.75 Å². The number of hydrogen-bond donors (Lipinski definition) is 1. The standard InChI is InChI=1S/C15H22N2O3/c1-15(2,3)16-9-12-6-7-14(13(8-12)17(18)19)20-10-11-4-5-11/h6-8,11,16H,4-5,9-10H2,1-3H3. The van der Waals surface area contributed by atoms with E-state index in [9.17, 15) is 10.1 Å². The van der Waals surface area contributed by atoms with Crippen LogP contribution in [-0.2, 0) is 6.54 Å². The van der Waals surface area contributed by atoms with Crippen LogP contribution in [0.1, 0.15) is 39.2 Å². The summed E-state index contributed by atoms with van der Waals surface area (Å²) < 4.78 is 5.56. The van der Waals surface area contributed by atoms with Crippen molar-refractivity contribution in [3.8, 4) is 5.75 Å². The van der Waals surface area contributed by atoms with Crippen LogP contribution in [0.3, 0.4) is 0 Å². The van der Waals surface area contributed by atoms with Crippen LogP contribution in [0.4, 0.5) is 5.69 Å². The highest BCUT2D eigenvalue weighted by molar-refractivity contribution is 5.48. The van der Waals surface area contributed by atoms with Crippen molar-refractivity contribution in [2.45, 2.75) is 45.7 Å². The molecule has 0 atom stereocenters. The number of nitrogens with zero attached hydrogens (tertiary/aromatic N) is 1. The molecule has 0 spiro atoms. The van der Waals surface area contributed by atoms with E-state index >= 15 is 0 Å². The molecule has 0 heterocycles. The Morgan fingerprint density at radius 3 is 2.65 bits per heavy atom. The molecule has 0 unspecified atom stereocenters. The van der Waals surface area contributed by atoms with Gasteiger partial charge in [-0.25, -0.2) is 0 Å². The van der Waals surface area contributed by atoms with E-state index in [2.05, 4.69) is 26.1 Å². The molecule has 110 valence electrons. The fourth-order valence-corrected chi connectivity index (χ4v) is 1.80. The summed E-state index contributed by atoms with van der Waals surface area (Å²) in [7, 11) is 0. The molecule has 1 N–H and O–H groups in total. The molecule has 1 aromatic rings. The summed E-state index contributed by atoms with van der Waals surface area (Å²) in [5.41, 5.74) is 0.930. The molecule has 0 radical (unpaired) electrons. The zero-order valence-electron chi connectivity index (χ0n) is 12.3. The number of nitro benzene ring substituents is 1. The van der Waals surface area contributed by atoms with Gasteiger partial charge in [-0.1, -0.05) is 6.07 Å². The van der Waals surface area contributed by atoms with Crippen molar-refractivity contribution in [2.24, 2.45) is 5.92 Å². The zero-order valence-corrected chi connectivity index (χ0v) is 12.3. The molecule has 1 aliphatic carbocycles. The molecule has 1 aliphatic rings. The highest BCUT2D eigenvalue weighted by Crippen LogP contribution is 2.33. The molecule has 1 fully saturated rings. The number of rotatable bonds is 6. The van der Waals surface area contributed by atoms with Gasteiger partial charge < -0.3 is 10.1 Å². The van der Waals surface area contributed by atoms with Gasteiger partial charge in [-0.3, -0.25) is 10.1 Å². The maximum absolute atomic E-state index is 11.1. The maximum atomic E-state index is 11.1. The quantitative estimate of drug-likeness (QED) is 0.640. The van der Waals surface area contributed by atoms with Crippen LogP contribution < -0.4 is 10.1 Å². The molecule has 0 aromatic heterocycles. The van der Waals surface area contributed by atoms with Crippen molar-refractivity contribution in [1.82, 2.24) is 5.32 Å². The Bertz CT molecular complexity index is 490. The Balaban J connectivity index is 2.07. The van der Waals surface area contributed by atoms with E-state index in [4.69, 9.17) is 4.74 Å². The minimum atomic E-state index is -0.372. The molecular formula is C15H22N2O3. The van der Waals surface area contributed by atoms with E-state index in [0.29, 0.717) is 24.8 Å². The third kappa shape index (κ3) is 4.49. The highest BCUT2D eigenvalue weighted by Gasteiger charge is 2.24. The van der Waals surface area contributed by atoms with Crippen molar-refractivity contribution in [1.29, 1.82) is 0 Å². The summed E-state index contributed by atoms with van der Waals surface area (Å²) in [5, 5.41) is 14.5. The fraction of sp³-hybridized carbons (Fsp3) is 0.600. The van der Waals surface area contributed by atoms with Gasteiger partial charge in [0.25, 0.3) is 0 Å². The summed E-state index contributed by atoms with van der Waals surface area (Å²) in [6.45, 7) is 7.38. The molecule has 20 heavy (non-hydrogen) atoms. The van der Waals surface area contributed by atoms with E-state index < -0.39 is 0 Å². The highest BCUT2D eigenvalue weighted by atomic mass is 16.6. The Hall–Kier alpha value is -1.62. The summed E-state index contributed by atoms with van der Waals surface area (Å²) in [6, 6.07) is 5.19. The predicted molar refractivity (Wildman–Crippen MR) is 77.9 cm³/mol. The van der Waals surface area contributed by atoms with Gasteiger partial charge in [-0.15, -0.1) is 0 Å². The molecule has 0 saturated heterocycles. The van der Waals surface area contributed by atoms with Crippen LogP contribution >= 0.6 is 0 Å². The molecule has 0 aliphatic heterocycles. The Labute approximate surface area is 119 Å². The van der Waals surface area contributed by atoms with Crippen LogP contribution in [0, 0.1) is 16.0 Å². The topological polar surface area (TPSA) is 64.4 Å². The van der Waals surface area contributed by atoms with Gasteiger partial charge in [-0.2, -0.15) is 0 Å². The third-order valence-electron chi connectivity index (χ3n) is 3.21. The molecule has 0 bridgehead atoms. The van der Waals surface area contributed by atoms with Crippen molar-refractivity contribution in [3.05, 3.63) is 33.9 Å². The average molecular weight is 278 g/mol. The first-order valence-electron chi connectivity index (χ1n) is 7.00. The third-order valence-corrected chi connectivity index (χ3v) is 3.21. The largest absolute Gasteiger partial charge is 0.487 e. The Kier molecular flexibility index (Phi) is 4.28. The lowest BCUT2D eigenvalue weighted by Crippen LogP contribution is -2.35. The predicted octanol–water partition coefficient (Wildman–Crippen LogP) is 3.27. The van der Waals surface area contributed by atoms with Crippen molar-refractivity contribution >= 4 is 5.69 Å². The van der Waals surface area contributed by atoms with Crippen molar-refractivity contribution in [3.63, 3.8) is 0 Å². The maximum Gasteiger partial charge on any atom is 0.311 e. The normalized spacial score (nSPS) is 15.2. The van der Waals surface area contributed by atoms with Gasteiger partial charge in [0.15, 0.2) is 5.75 Å². The lowest BCUT2D eigenvalue weighted by molar-refractivity contribution is -0.385. The number of nitrogens with one attached hydrogen (secondary N) is 1. The smallest absolute Gasteiger partial charge is 0.311 e. The van der Waals surface area contributed by atoms with Gasteiger partial charge in [0, 0.05) is 18.2 Å². The number of ether oxygens (including phenoxy) is 1. The van der Waals surface area contributed by atoms with E-state index in [-0.39, 0.29) is 16.1 Å². The van der Waals surface area contributed by atoms with Crippen molar-refractivity contribution < 1.29 is 9.66 Å². The summed E-state index contributed by atoms with van der Waals surface area (Å²) in [6.07, 6.45) is 2.34. The lowest BCUT2D eigenvalue weighted by atomic mass is 10.1. The van der Waals surface area contributed by atoms with E-state index in [1.165, 1.54) is 12.8 Å². The second-order valence-electron chi connectivity index (χ2n) is 6.42. The summed E-state index contributed by atoms with van der Waals surface area (Å²) in [4.78, 5) is 10.8.